The molecule has 96 valence electrons. The maximum atomic E-state index is 12.7. The lowest BCUT2D eigenvalue weighted by Gasteiger charge is -2.17. The van der Waals surface area contributed by atoms with Gasteiger partial charge in [-0.05, 0) is 31.0 Å². The molecular formula is C12H18FO3P. The fourth-order valence-electron chi connectivity index (χ4n) is 1.60. The van der Waals surface area contributed by atoms with E-state index in [4.69, 9.17) is 4.52 Å². The van der Waals surface area contributed by atoms with Gasteiger partial charge in [0, 0.05) is 0 Å². The first kappa shape index (κ1) is 14.4. The van der Waals surface area contributed by atoms with Crippen LogP contribution >= 0.6 is 7.60 Å². The first-order chi connectivity index (χ1) is 7.93. The summed E-state index contributed by atoms with van der Waals surface area (Å²) in [5, 5.41) is 0. The number of hydrogen-bond acceptors (Lipinski definition) is 2. The van der Waals surface area contributed by atoms with Crippen LogP contribution in [0.2, 0.25) is 0 Å². The highest BCUT2D eigenvalue weighted by molar-refractivity contribution is 7.51. The summed E-state index contributed by atoms with van der Waals surface area (Å²) in [5.41, 5.74) is 0.598. The second-order valence-electron chi connectivity index (χ2n) is 4.13. The summed E-state index contributed by atoms with van der Waals surface area (Å²) >= 11 is 0. The van der Waals surface area contributed by atoms with Gasteiger partial charge in [-0.1, -0.05) is 25.5 Å². The van der Waals surface area contributed by atoms with E-state index >= 15 is 0 Å². The molecule has 0 fully saturated rings. The Morgan fingerprint density at radius 3 is 2.53 bits per heavy atom. The number of rotatable bonds is 6. The summed E-state index contributed by atoms with van der Waals surface area (Å²) in [6, 6.07) is 5.52. The Hall–Kier alpha value is -0.700. The normalized spacial score (nSPS) is 16.5. The molecule has 3 nitrogen and oxygen atoms in total. The van der Waals surface area contributed by atoms with E-state index in [9.17, 15) is 13.8 Å². The molecule has 2 unspecified atom stereocenters. The summed E-state index contributed by atoms with van der Waals surface area (Å²) in [5.74, 6) is -0.359. The van der Waals surface area contributed by atoms with Crippen molar-refractivity contribution in [3.63, 3.8) is 0 Å². The molecule has 0 aromatic heterocycles. The molecule has 1 N–H and O–H groups in total. The Morgan fingerprint density at radius 1 is 1.41 bits per heavy atom. The third-order valence-corrected chi connectivity index (χ3v) is 3.79. The maximum absolute atomic E-state index is 12.7. The van der Waals surface area contributed by atoms with Crippen LogP contribution in [0.3, 0.4) is 0 Å². The average molecular weight is 260 g/mol. The van der Waals surface area contributed by atoms with Crippen LogP contribution in [0.15, 0.2) is 24.3 Å². The van der Waals surface area contributed by atoms with Crippen LogP contribution in [-0.2, 0) is 15.3 Å². The van der Waals surface area contributed by atoms with E-state index in [1.165, 1.54) is 24.3 Å². The van der Waals surface area contributed by atoms with Crippen molar-refractivity contribution in [2.75, 3.05) is 0 Å². The number of halogens is 1. The van der Waals surface area contributed by atoms with Crippen LogP contribution in [0.5, 0.6) is 0 Å². The van der Waals surface area contributed by atoms with E-state index in [2.05, 4.69) is 0 Å². The molecule has 1 aromatic rings. The standard InChI is InChI=1S/C12H18FO3P/c1-3-4-10(2)16-17(14,15)9-11-5-7-12(13)8-6-11/h5-8,10H,3-4,9H2,1-2H3,(H,14,15). The van der Waals surface area contributed by atoms with Gasteiger partial charge in [-0.3, -0.25) is 4.57 Å². The molecule has 0 aliphatic rings. The summed E-state index contributed by atoms with van der Waals surface area (Å²) in [6.07, 6.45) is 1.32. The van der Waals surface area contributed by atoms with Crippen molar-refractivity contribution in [2.24, 2.45) is 0 Å². The van der Waals surface area contributed by atoms with Gasteiger partial charge >= 0.3 is 7.60 Å². The van der Waals surface area contributed by atoms with Crippen molar-refractivity contribution in [1.82, 2.24) is 0 Å². The maximum Gasteiger partial charge on any atom is 0.332 e. The Morgan fingerprint density at radius 2 is 2.00 bits per heavy atom. The molecule has 0 radical (unpaired) electrons. The summed E-state index contributed by atoms with van der Waals surface area (Å²) < 4.78 is 29.6. The van der Waals surface area contributed by atoms with Gasteiger partial charge in [-0.2, -0.15) is 0 Å². The summed E-state index contributed by atoms with van der Waals surface area (Å²) in [4.78, 5) is 9.67. The first-order valence-electron chi connectivity index (χ1n) is 5.67. The van der Waals surface area contributed by atoms with E-state index in [0.29, 0.717) is 5.56 Å². The zero-order valence-corrected chi connectivity index (χ0v) is 11.0. The van der Waals surface area contributed by atoms with Gasteiger partial charge in [-0.25, -0.2) is 4.39 Å². The quantitative estimate of drug-likeness (QED) is 0.793. The van der Waals surface area contributed by atoms with Crippen LogP contribution in [0.4, 0.5) is 4.39 Å². The second kappa shape index (κ2) is 6.29. The highest BCUT2D eigenvalue weighted by Gasteiger charge is 2.22. The van der Waals surface area contributed by atoms with Gasteiger partial charge in [0.15, 0.2) is 0 Å². The molecular weight excluding hydrogens is 242 g/mol. The van der Waals surface area contributed by atoms with Gasteiger partial charge < -0.3 is 9.42 Å². The molecule has 1 aromatic carbocycles. The molecule has 17 heavy (non-hydrogen) atoms. The minimum Gasteiger partial charge on any atom is -0.324 e. The first-order valence-corrected chi connectivity index (χ1v) is 7.44. The highest BCUT2D eigenvalue weighted by Crippen LogP contribution is 2.47. The SMILES string of the molecule is CCCC(C)OP(=O)(O)Cc1ccc(F)cc1. The minimum atomic E-state index is -3.64. The second-order valence-corrected chi connectivity index (χ2v) is 5.93. The van der Waals surface area contributed by atoms with Crippen LogP contribution in [0.25, 0.3) is 0 Å². The van der Waals surface area contributed by atoms with Gasteiger partial charge in [0.25, 0.3) is 0 Å². The molecule has 5 heteroatoms. The zero-order chi connectivity index (χ0) is 12.9. The van der Waals surface area contributed by atoms with Gasteiger partial charge in [0.2, 0.25) is 0 Å². The van der Waals surface area contributed by atoms with Crippen LogP contribution < -0.4 is 0 Å². The molecule has 1 rings (SSSR count). The minimum absolute atomic E-state index is 0.0820. The molecule has 0 saturated heterocycles. The molecule has 0 bridgehead atoms. The van der Waals surface area contributed by atoms with Crippen molar-refractivity contribution in [1.29, 1.82) is 0 Å². The lowest BCUT2D eigenvalue weighted by Crippen LogP contribution is -2.06. The topological polar surface area (TPSA) is 46.5 Å². The molecule has 0 aliphatic heterocycles. The predicted octanol–water partition coefficient (Wildman–Crippen LogP) is 3.72. The van der Waals surface area contributed by atoms with Crippen LogP contribution in [0, 0.1) is 5.82 Å². The Balaban J connectivity index is 2.59. The van der Waals surface area contributed by atoms with E-state index < -0.39 is 7.60 Å². The average Bonchev–Trinajstić information content (AvgIpc) is 2.20. The summed E-state index contributed by atoms with van der Waals surface area (Å²) in [7, 11) is -3.64. The largest absolute Gasteiger partial charge is 0.332 e. The lowest BCUT2D eigenvalue weighted by molar-refractivity contribution is 0.179. The van der Waals surface area contributed by atoms with Crippen molar-refractivity contribution in [2.45, 2.75) is 39.0 Å². The van der Waals surface area contributed by atoms with Crippen molar-refractivity contribution < 1.29 is 18.4 Å². The van der Waals surface area contributed by atoms with Crippen LogP contribution in [-0.4, -0.2) is 11.0 Å². The molecule has 2 atom stereocenters. The van der Waals surface area contributed by atoms with Crippen molar-refractivity contribution >= 4 is 7.60 Å². The lowest BCUT2D eigenvalue weighted by atomic mass is 10.2. The molecule has 0 spiro atoms. The van der Waals surface area contributed by atoms with Crippen molar-refractivity contribution in [3.8, 4) is 0 Å². The monoisotopic (exact) mass is 260 g/mol. The predicted molar refractivity (Wildman–Crippen MR) is 65.4 cm³/mol. The van der Waals surface area contributed by atoms with Crippen LogP contribution in [0.1, 0.15) is 32.3 Å². The van der Waals surface area contributed by atoms with E-state index in [-0.39, 0.29) is 18.1 Å². The summed E-state index contributed by atoms with van der Waals surface area (Å²) in [6.45, 7) is 3.76. The Labute approximate surface area is 101 Å². The van der Waals surface area contributed by atoms with E-state index in [1.807, 2.05) is 6.92 Å². The van der Waals surface area contributed by atoms with E-state index in [0.717, 1.165) is 12.8 Å². The fourth-order valence-corrected chi connectivity index (χ4v) is 3.01. The zero-order valence-electron chi connectivity index (χ0n) is 10.1. The molecule has 0 saturated carbocycles. The number of benzene rings is 1. The van der Waals surface area contributed by atoms with Gasteiger partial charge in [-0.15, -0.1) is 0 Å². The van der Waals surface area contributed by atoms with Crippen molar-refractivity contribution in [3.05, 3.63) is 35.6 Å². The highest BCUT2D eigenvalue weighted by atomic mass is 31.2. The third kappa shape index (κ3) is 5.44. The third-order valence-electron chi connectivity index (χ3n) is 2.34. The molecule has 0 aliphatic carbocycles. The molecule has 0 heterocycles. The Bertz CT molecular complexity index is 391. The Kier molecular flexibility index (Phi) is 5.31. The smallest absolute Gasteiger partial charge is 0.324 e. The van der Waals surface area contributed by atoms with E-state index in [1.54, 1.807) is 6.92 Å². The fraction of sp³-hybridized carbons (Fsp3) is 0.500. The van der Waals surface area contributed by atoms with Gasteiger partial charge in [0.05, 0.1) is 12.3 Å². The van der Waals surface area contributed by atoms with Gasteiger partial charge in [0.1, 0.15) is 5.82 Å². The number of hydrogen-bond donors (Lipinski definition) is 1. The molecule has 0 amide bonds.